The number of nitrogens with zero attached hydrogens (tertiary/aromatic N) is 2. The first-order valence-corrected chi connectivity index (χ1v) is 6.17. The van der Waals surface area contributed by atoms with Crippen LogP contribution in [0.2, 0.25) is 0 Å². The zero-order valence-electron chi connectivity index (χ0n) is 11.1. The summed E-state index contributed by atoms with van der Waals surface area (Å²) >= 11 is 0. The minimum absolute atomic E-state index is 0.0866. The predicted octanol–water partition coefficient (Wildman–Crippen LogP) is 2.78. The lowest BCUT2D eigenvalue weighted by atomic mass is 10.0. The Labute approximate surface area is 112 Å². The molecule has 1 aromatic carbocycles. The zero-order valence-corrected chi connectivity index (χ0v) is 11.1. The molecule has 0 atom stereocenters. The van der Waals surface area contributed by atoms with Crippen molar-refractivity contribution in [2.45, 2.75) is 26.7 Å². The van der Waals surface area contributed by atoms with Crippen LogP contribution in [0.25, 0.3) is 11.4 Å². The van der Waals surface area contributed by atoms with E-state index < -0.39 is 5.97 Å². The van der Waals surface area contributed by atoms with Crippen LogP contribution in [0.5, 0.6) is 0 Å². The fourth-order valence-electron chi connectivity index (χ4n) is 1.88. The van der Waals surface area contributed by atoms with Crippen LogP contribution in [-0.2, 0) is 11.2 Å². The molecule has 0 saturated heterocycles. The predicted molar refractivity (Wildman–Crippen MR) is 72.9 cm³/mol. The molecule has 2 rings (SSSR count). The quantitative estimate of drug-likeness (QED) is 0.913. The van der Waals surface area contributed by atoms with Gasteiger partial charge in [-0.05, 0) is 31.5 Å². The summed E-state index contributed by atoms with van der Waals surface area (Å²) in [5.74, 6) is -0.156. The molecule has 0 fully saturated rings. The average Bonchev–Trinajstić information content (AvgIpc) is 2.39. The van der Waals surface area contributed by atoms with Crippen molar-refractivity contribution in [3.05, 3.63) is 47.3 Å². The fraction of sp³-hybridized carbons (Fsp3) is 0.267. The SMILES string of the molecule is Cc1ccc(C)c(-c2nccc(CCC(=O)O)n2)c1. The second kappa shape index (κ2) is 5.61. The van der Waals surface area contributed by atoms with Crippen molar-refractivity contribution >= 4 is 5.97 Å². The third-order valence-corrected chi connectivity index (χ3v) is 2.94. The van der Waals surface area contributed by atoms with Crippen molar-refractivity contribution < 1.29 is 9.90 Å². The Hall–Kier alpha value is -2.23. The summed E-state index contributed by atoms with van der Waals surface area (Å²) in [6.45, 7) is 4.04. The van der Waals surface area contributed by atoms with Gasteiger partial charge in [0.05, 0.1) is 6.42 Å². The molecule has 4 heteroatoms. The Morgan fingerprint density at radius 1 is 1.26 bits per heavy atom. The van der Waals surface area contributed by atoms with E-state index in [0.717, 1.165) is 22.4 Å². The maximum atomic E-state index is 10.6. The van der Waals surface area contributed by atoms with Crippen molar-refractivity contribution in [3.8, 4) is 11.4 Å². The fourth-order valence-corrected chi connectivity index (χ4v) is 1.88. The molecular formula is C15H16N2O2. The first-order valence-electron chi connectivity index (χ1n) is 6.17. The van der Waals surface area contributed by atoms with E-state index in [0.29, 0.717) is 12.2 Å². The van der Waals surface area contributed by atoms with Crippen molar-refractivity contribution in [1.82, 2.24) is 9.97 Å². The molecule has 4 nitrogen and oxygen atoms in total. The molecule has 1 aromatic heterocycles. The van der Waals surface area contributed by atoms with Crippen molar-refractivity contribution in [1.29, 1.82) is 0 Å². The second-order valence-corrected chi connectivity index (χ2v) is 4.58. The van der Waals surface area contributed by atoms with E-state index in [1.54, 1.807) is 12.3 Å². The van der Waals surface area contributed by atoms with Crippen LogP contribution in [0.3, 0.4) is 0 Å². The molecule has 1 heterocycles. The number of hydrogen-bond acceptors (Lipinski definition) is 3. The molecule has 0 spiro atoms. The van der Waals surface area contributed by atoms with Crippen LogP contribution < -0.4 is 0 Å². The molecule has 2 aromatic rings. The molecule has 0 radical (unpaired) electrons. The highest BCUT2D eigenvalue weighted by Crippen LogP contribution is 2.21. The first-order chi connectivity index (χ1) is 9.06. The Bertz CT molecular complexity index is 609. The van der Waals surface area contributed by atoms with Gasteiger partial charge in [0, 0.05) is 23.9 Å². The monoisotopic (exact) mass is 256 g/mol. The molecule has 1 N–H and O–H groups in total. The number of carbonyl (C=O) groups is 1. The number of aryl methyl sites for hydroxylation is 3. The summed E-state index contributed by atoms with van der Waals surface area (Å²) in [6.07, 6.45) is 2.19. The molecule has 0 amide bonds. The Morgan fingerprint density at radius 2 is 2.05 bits per heavy atom. The van der Waals surface area contributed by atoms with Crippen LogP contribution in [0.4, 0.5) is 0 Å². The molecule has 0 bridgehead atoms. The maximum Gasteiger partial charge on any atom is 0.303 e. The van der Waals surface area contributed by atoms with E-state index in [9.17, 15) is 4.79 Å². The topological polar surface area (TPSA) is 63.1 Å². The number of aliphatic carboxylic acids is 1. The van der Waals surface area contributed by atoms with Gasteiger partial charge >= 0.3 is 5.97 Å². The molecule has 0 saturated carbocycles. The third kappa shape index (κ3) is 3.37. The number of rotatable bonds is 4. The van der Waals surface area contributed by atoms with Crippen molar-refractivity contribution in [2.24, 2.45) is 0 Å². The van der Waals surface area contributed by atoms with E-state index in [1.165, 1.54) is 0 Å². The lowest BCUT2D eigenvalue weighted by molar-refractivity contribution is -0.136. The Balaban J connectivity index is 2.32. The highest BCUT2D eigenvalue weighted by molar-refractivity contribution is 5.67. The van der Waals surface area contributed by atoms with E-state index in [-0.39, 0.29) is 6.42 Å². The van der Waals surface area contributed by atoms with Crippen molar-refractivity contribution in [2.75, 3.05) is 0 Å². The summed E-state index contributed by atoms with van der Waals surface area (Å²) in [5, 5.41) is 8.70. The Morgan fingerprint density at radius 3 is 2.79 bits per heavy atom. The summed E-state index contributed by atoms with van der Waals surface area (Å²) in [6, 6.07) is 7.90. The van der Waals surface area contributed by atoms with Gasteiger partial charge < -0.3 is 5.11 Å². The van der Waals surface area contributed by atoms with Gasteiger partial charge in [-0.1, -0.05) is 17.7 Å². The highest BCUT2D eigenvalue weighted by Gasteiger charge is 2.07. The van der Waals surface area contributed by atoms with E-state index in [1.807, 2.05) is 32.0 Å². The molecular weight excluding hydrogens is 240 g/mol. The highest BCUT2D eigenvalue weighted by atomic mass is 16.4. The van der Waals surface area contributed by atoms with Gasteiger partial charge in [0.1, 0.15) is 0 Å². The van der Waals surface area contributed by atoms with Crippen LogP contribution in [-0.4, -0.2) is 21.0 Å². The number of carboxylic acids is 1. The van der Waals surface area contributed by atoms with Gasteiger partial charge in [-0.2, -0.15) is 0 Å². The summed E-state index contributed by atoms with van der Waals surface area (Å²) in [4.78, 5) is 19.3. The van der Waals surface area contributed by atoms with Gasteiger partial charge in [-0.25, -0.2) is 9.97 Å². The van der Waals surface area contributed by atoms with Gasteiger partial charge in [-0.15, -0.1) is 0 Å². The molecule has 98 valence electrons. The molecule has 0 aliphatic rings. The average molecular weight is 256 g/mol. The largest absolute Gasteiger partial charge is 0.481 e. The first kappa shape index (κ1) is 13.2. The van der Waals surface area contributed by atoms with Crippen LogP contribution in [0, 0.1) is 13.8 Å². The second-order valence-electron chi connectivity index (χ2n) is 4.58. The number of hydrogen-bond donors (Lipinski definition) is 1. The minimum atomic E-state index is -0.813. The number of benzene rings is 1. The maximum absolute atomic E-state index is 10.6. The number of aromatic nitrogens is 2. The lowest BCUT2D eigenvalue weighted by Crippen LogP contribution is -2.01. The van der Waals surface area contributed by atoms with E-state index in [2.05, 4.69) is 9.97 Å². The van der Waals surface area contributed by atoms with Crippen LogP contribution in [0.1, 0.15) is 23.2 Å². The molecule has 0 unspecified atom stereocenters. The van der Waals surface area contributed by atoms with E-state index >= 15 is 0 Å². The normalized spacial score (nSPS) is 10.4. The molecule has 19 heavy (non-hydrogen) atoms. The summed E-state index contributed by atoms with van der Waals surface area (Å²) in [5.41, 5.74) is 4.02. The van der Waals surface area contributed by atoms with Crippen LogP contribution in [0.15, 0.2) is 30.5 Å². The smallest absolute Gasteiger partial charge is 0.303 e. The van der Waals surface area contributed by atoms with Crippen LogP contribution >= 0.6 is 0 Å². The van der Waals surface area contributed by atoms with Gasteiger partial charge in [0.25, 0.3) is 0 Å². The standard InChI is InChI=1S/C15H16N2O2/c1-10-3-4-11(2)13(9-10)15-16-8-7-12(17-15)5-6-14(18)19/h3-4,7-9H,5-6H2,1-2H3,(H,18,19). The Kier molecular flexibility index (Phi) is 3.90. The third-order valence-electron chi connectivity index (χ3n) is 2.94. The summed E-state index contributed by atoms with van der Waals surface area (Å²) in [7, 11) is 0. The summed E-state index contributed by atoms with van der Waals surface area (Å²) < 4.78 is 0. The minimum Gasteiger partial charge on any atom is -0.481 e. The number of carboxylic acid groups (broad SMARTS) is 1. The van der Waals surface area contributed by atoms with Crippen molar-refractivity contribution in [3.63, 3.8) is 0 Å². The van der Waals surface area contributed by atoms with Gasteiger partial charge in [-0.3, -0.25) is 4.79 Å². The van der Waals surface area contributed by atoms with Gasteiger partial charge in [0.15, 0.2) is 5.82 Å². The molecule has 0 aliphatic heterocycles. The van der Waals surface area contributed by atoms with Gasteiger partial charge in [0.2, 0.25) is 0 Å². The van der Waals surface area contributed by atoms with E-state index in [4.69, 9.17) is 5.11 Å². The molecule has 0 aliphatic carbocycles. The lowest BCUT2D eigenvalue weighted by Gasteiger charge is -2.07. The zero-order chi connectivity index (χ0) is 13.8.